The zero-order valence-electron chi connectivity index (χ0n) is 59.9. The summed E-state index contributed by atoms with van der Waals surface area (Å²) in [6.45, 7) is 9.53. The number of phosphoric ester groups is 2. The van der Waals surface area contributed by atoms with Gasteiger partial charge in [-0.25, -0.2) is 9.13 Å². The Morgan fingerprint density at radius 1 is 0.293 bits per heavy atom. The van der Waals surface area contributed by atoms with Crippen LogP contribution < -0.4 is 0 Å². The summed E-state index contributed by atoms with van der Waals surface area (Å²) in [6.07, 6.45) is 51.8. The molecule has 0 heterocycles. The van der Waals surface area contributed by atoms with Crippen LogP contribution in [-0.2, 0) is 65.4 Å². The van der Waals surface area contributed by atoms with Gasteiger partial charge in [-0.05, 0) is 37.5 Å². The summed E-state index contributed by atoms with van der Waals surface area (Å²) >= 11 is 0. The zero-order valence-corrected chi connectivity index (χ0v) is 61.6. The van der Waals surface area contributed by atoms with Gasteiger partial charge in [-0.15, -0.1) is 0 Å². The van der Waals surface area contributed by atoms with Gasteiger partial charge in [0.2, 0.25) is 0 Å². The highest BCUT2D eigenvalue weighted by atomic mass is 31.2. The lowest BCUT2D eigenvalue weighted by Crippen LogP contribution is -2.30. The van der Waals surface area contributed by atoms with Gasteiger partial charge >= 0.3 is 39.5 Å². The fourth-order valence-corrected chi connectivity index (χ4v) is 12.7. The first-order chi connectivity index (χ1) is 44.4. The monoisotopic (exact) mass is 1350 g/mol. The Bertz CT molecular complexity index is 1790. The molecule has 0 aliphatic heterocycles. The third kappa shape index (κ3) is 66.7. The molecule has 17 nitrogen and oxygen atoms in total. The predicted molar refractivity (Wildman–Crippen MR) is 372 cm³/mol. The molecule has 0 aliphatic rings. The van der Waals surface area contributed by atoms with E-state index in [-0.39, 0.29) is 25.7 Å². The smallest absolute Gasteiger partial charge is 0.462 e. The van der Waals surface area contributed by atoms with Crippen LogP contribution in [0, 0.1) is 11.8 Å². The van der Waals surface area contributed by atoms with Crippen LogP contribution in [-0.4, -0.2) is 96.7 Å². The number of unbranched alkanes of at least 4 members (excludes halogenated alkanes) is 42. The standard InChI is InChI=1S/C73H142O17P2/c1-7-9-11-13-14-15-26-34-39-45-51-57-72(77)89-68(61-83-70(75)55-49-41-12-10-8-2)63-87-91(79,80)85-59-67(74)60-86-92(81,82)88-64-69(62-84-71(76)56-50-44-38-33-29-25-24-28-32-37-43-48-54-66(5)6)90-73(78)58-52-46-40-35-30-23-21-19-17-16-18-20-22-27-31-36-42-47-53-65(3)4/h65-69,74H,7-64H2,1-6H3,(H,79,80)(H,81,82)/t67-,68+,69+/m0/s1. The van der Waals surface area contributed by atoms with E-state index in [1.54, 1.807) is 0 Å². The first-order valence-corrected chi connectivity index (χ1v) is 41.0. The second-order valence-corrected chi connectivity index (χ2v) is 30.2. The van der Waals surface area contributed by atoms with Crippen LogP contribution in [0.2, 0.25) is 0 Å². The third-order valence-electron chi connectivity index (χ3n) is 17.0. The lowest BCUT2D eigenvalue weighted by Gasteiger charge is -2.21. The normalized spacial score (nSPS) is 14.1. The second kappa shape index (κ2) is 65.0. The number of hydrogen-bond acceptors (Lipinski definition) is 15. The molecular formula is C73H142O17P2. The van der Waals surface area contributed by atoms with E-state index in [9.17, 15) is 43.2 Å². The molecule has 0 aromatic carbocycles. The minimum Gasteiger partial charge on any atom is -0.462 e. The maximum atomic E-state index is 13.1. The van der Waals surface area contributed by atoms with Crippen LogP contribution in [0.5, 0.6) is 0 Å². The highest BCUT2D eigenvalue weighted by Crippen LogP contribution is 2.45. The second-order valence-electron chi connectivity index (χ2n) is 27.3. The van der Waals surface area contributed by atoms with E-state index in [1.807, 2.05) is 0 Å². The molecule has 0 bridgehead atoms. The van der Waals surface area contributed by atoms with E-state index in [0.717, 1.165) is 108 Å². The van der Waals surface area contributed by atoms with Crippen LogP contribution in [0.4, 0.5) is 0 Å². The number of carbonyl (C=O) groups is 4. The van der Waals surface area contributed by atoms with Crippen molar-refractivity contribution in [3.05, 3.63) is 0 Å². The number of hydrogen-bond donors (Lipinski definition) is 3. The summed E-state index contributed by atoms with van der Waals surface area (Å²) < 4.78 is 68.1. The van der Waals surface area contributed by atoms with Gasteiger partial charge in [0.1, 0.15) is 19.3 Å². The van der Waals surface area contributed by atoms with Crippen molar-refractivity contribution in [3.63, 3.8) is 0 Å². The predicted octanol–water partition coefficient (Wildman–Crippen LogP) is 21.2. The van der Waals surface area contributed by atoms with Crippen LogP contribution in [0.25, 0.3) is 0 Å². The summed E-state index contributed by atoms with van der Waals surface area (Å²) in [7, 11) is -9.89. The van der Waals surface area contributed by atoms with Crippen molar-refractivity contribution in [3.8, 4) is 0 Å². The first-order valence-electron chi connectivity index (χ1n) is 38.0. The van der Waals surface area contributed by atoms with E-state index < -0.39 is 97.5 Å². The summed E-state index contributed by atoms with van der Waals surface area (Å²) in [5.41, 5.74) is 0. The quantitative estimate of drug-likeness (QED) is 0.0222. The number of phosphoric acid groups is 2. The number of esters is 4. The Balaban J connectivity index is 5.12. The highest BCUT2D eigenvalue weighted by Gasteiger charge is 2.30. The van der Waals surface area contributed by atoms with Crippen LogP contribution in [0.15, 0.2) is 0 Å². The largest absolute Gasteiger partial charge is 0.472 e. The van der Waals surface area contributed by atoms with Gasteiger partial charge in [0, 0.05) is 25.7 Å². The zero-order chi connectivity index (χ0) is 67.9. The fourth-order valence-electron chi connectivity index (χ4n) is 11.1. The maximum Gasteiger partial charge on any atom is 0.472 e. The Labute approximate surface area is 562 Å². The first kappa shape index (κ1) is 90.1. The van der Waals surface area contributed by atoms with Crippen molar-refractivity contribution < 1.29 is 80.2 Å². The number of aliphatic hydroxyl groups is 1. The molecule has 0 saturated carbocycles. The van der Waals surface area contributed by atoms with Gasteiger partial charge in [-0.1, -0.05) is 324 Å². The summed E-state index contributed by atoms with van der Waals surface area (Å²) in [6, 6.07) is 0. The van der Waals surface area contributed by atoms with E-state index in [0.29, 0.717) is 25.7 Å². The average molecular weight is 1350 g/mol. The third-order valence-corrected chi connectivity index (χ3v) is 18.9. The fraction of sp³-hybridized carbons (Fsp3) is 0.945. The molecule has 0 aromatic rings. The minimum absolute atomic E-state index is 0.106. The maximum absolute atomic E-state index is 13.1. The molecule has 5 atom stereocenters. The lowest BCUT2D eigenvalue weighted by atomic mass is 10.0. The molecule has 19 heteroatoms. The summed E-state index contributed by atoms with van der Waals surface area (Å²) in [5, 5.41) is 10.6. The van der Waals surface area contributed by atoms with E-state index in [2.05, 4.69) is 41.5 Å². The van der Waals surface area contributed by atoms with Crippen LogP contribution in [0.3, 0.4) is 0 Å². The molecule has 3 N–H and O–H groups in total. The lowest BCUT2D eigenvalue weighted by molar-refractivity contribution is -0.161. The van der Waals surface area contributed by atoms with E-state index in [1.165, 1.54) is 186 Å². The molecule has 546 valence electrons. The van der Waals surface area contributed by atoms with Crippen molar-refractivity contribution >= 4 is 39.5 Å². The Morgan fingerprint density at radius 2 is 0.500 bits per heavy atom. The minimum atomic E-state index is -4.95. The van der Waals surface area contributed by atoms with Crippen molar-refractivity contribution in [2.24, 2.45) is 11.8 Å². The molecule has 0 aromatic heterocycles. The summed E-state index contributed by atoms with van der Waals surface area (Å²) in [4.78, 5) is 72.3. The van der Waals surface area contributed by atoms with Crippen LogP contribution >= 0.6 is 15.6 Å². The molecule has 0 aliphatic carbocycles. The van der Waals surface area contributed by atoms with Crippen molar-refractivity contribution in [1.29, 1.82) is 0 Å². The number of aliphatic hydroxyl groups excluding tert-OH is 1. The Hall–Kier alpha value is -1.94. The molecule has 0 amide bonds. The van der Waals surface area contributed by atoms with Crippen molar-refractivity contribution in [2.45, 2.75) is 394 Å². The van der Waals surface area contributed by atoms with Crippen molar-refractivity contribution in [1.82, 2.24) is 0 Å². The van der Waals surface area contributed by atoms with Gasteiger partial charge in [0.25, 0.3) is 0 Å². The van der Waals surface area contributed by atoms with Gasteiger partial charge in [0.15, 0.2) is 12.2 Å². The molecular weight excluding hydrogens is 1210 g/mol. The Kier molecular flexibility index (Phi) is 63.7. The molecule has 0 rings (SSSR count). The number of carbonyl (C=O) groups excluding carboxylic acids is 4. The van der Waals surface area contributed by atoms with Gasteiger partial charge < -0.3 is 33.8 Å². The molecule has 0 fully saturated rings. The average Bonchev–Trinajstić information content (AvgIpc) is 1.72. The molecule has 0 spiro atoms. The van der Waals surface area contributed by atoms with Crippen molar-refractivity contribution in [2.75, 3.05) is 39.6 Å². The molecule has 92 heavy (non-hydrogen) atoms. The van der Waals surface area contributed by atoms with E-state index >= 15 is 0 Å². The SMILES string of the molecule is CCCCCCCCCCCCCC(=O)O[C@H](COC(=O)CCCCCCC)COP(=O)(O)OC[C@H](O)COP(=O)(O)OC[C@@H](COC(=O)CCCCCCCCCCCCCCC(C)C)OC(=O)CCCCCCCCCCCCCCCCCCCCC(C)C. The van der Waals surface area contributed by atoms with Crippen LogP contribution in [0.1, 0.15) is 375 Å². The van der Waals surface area contributed by atoms with E-state index in [4.69, 9.17) is 37.0 Å². The topological polar surface area (TPSA) is 237 Å². The molecule has 0 saturated heterocycles. The van der Waals surface area contributed by atoms with Gasteiger partial charge in [0.05, 0.1) is 26.4 Å². The number of ether oxygens (including phenoxy) is 4. The van der Waals surface area contributed by atoms with Gasteiger partial charge in [-0.2, -0.15) is 0 Å². The Morgan fingerprint density at radius 3 is 0.739 bits per heavy atom. The molecule has 2 unspecified atom stereocenters. The summed E-state index contributed by atoms with van der Waals surface area (Å²) in [5.74, 6) is -0.529. The highest BCUT2D eigenvalue weighted by molar-refractivity contribution is 7.47. The molecule has 0 radical (unpaired) electrons. The number of rotatable bonds is 72. The van der Waals surface area contributed by atoms with Gasteiger partial charge in [-0.3, -0.25) is 37.3 Å².